The standard InChI is InChI=1S/C18H17N5O4S/c1-12(28-18-21-19-11-22(18)13-6-4-3-5-7-13)17(24)20-15-10-14(23(25)26)8-9-16(15)27-2/h3-12H,1-2H3,(H,20,24)/t12-/m1/s1. The zero-order chi connectivity index (χ0) is 20.1. The Morgan fingerprint density at radius 1 is 1.29 bits per heavy atom. The summed E-state index contributed by atoms with van der Waals surface area (Å²) in [7, 11) is 1.43. The fourth-order valence-corrected chi connectivity index (χ4v) is 3.27. The van der Waals surface area contributed by atoms with Crippen LogP contribution < -0.4 is 10.1 Å². The molecule has 2 aromatic carbocycles. The van der Waals surface area contributed by atoms with Gasteiger partial charge in [-0.15, -0.1) is 10.2 Å². The van der Waals surface area contributed by atoms with Crippen LogP contribution in [0.15, 0.2) is 60.0 Å². The van der Waals surface area contributed by atoms with Gasteiger partial charge in [0.1, 0.15) is 12.1 Å². The van der Waals surface area contributed by atoms with E-state index >= 15 is 0 Å². The first-order valence-electron chi connectivity index (χ1n) is 8.25. The van der Waals surface area contributed by atoms with Gasteiger partial charge in [0.25, 0.3) is 5.69 Å². The van der Waals surface area contributed by atoms with Crippen molar-refractivity contribution in [3.05, 3.63) is 65.0 Å². The summed E-state index contributed by atoms with van der Waals surface area (Å²) >= 11 is 1.23. The molecule has 0 saturated carbocycles. The lowest BCUT2D eigenvalue weighted by molar-refractivity contribution is -0.384. The average molecular weight is 399 g/mol. The van der Waals surface area contributed by atoms with Crippen LogP contribution in [0.2, 0.25) is 0 Å². The number of methoxy groups -OCH3 is 1. The maximum absolute atomic E-state index is 12.6. The number of rotatable bonds is 7. The Bertz CT molecular complexity index is 993. The molecule has 9 nitrogen and oxygen atoms in total. The Balaban J connectivity index is 1.76. The zero-order valence-corrected chi connectivity index (χ0v) is 15.9. The van der Waals surface area contributed by atoms with Gasteiger partial charge in [-0.2, -0.15) is 0 Å². The smallest absolute Gasteiger partial charge is 0.271 e. The van der Waals surface area contributed by atoms with Crippen LogP contribution in [0.5, 0.6) is 5.75 Å². The van der Waals surface area contributed by atoms with Gasteiger partial charge in [-0.3, -0.25) is 19.5 Å². The summed E-state index contributed by atoms with van der Waals surface area (Å²) in [5.74, 6) is -0.00462. The van der Waals surface area contributed by atoms with Gasteiger partial charge in [0.15, 0.2) is 5.16 Å². The predicted molar refractivity (Wildman–Crippen MR) is 105 cm³/mol. The molecule has 0 fully saturated rings. The summed E-state index contributed by atoms with van der Waals surface area (Å²) in [6.45, 7) is 1.72. The van der Waals surface area contributed by atoms with Crippen molar-refractivity contribution in [2.24, 2.45) is 0 Å². The molecular weight excluding hydrogens is 382 g/mol. The molecule has 0 aliphatic carbocycles. The lowest BCUT2D eigenvalue weighted by Gasteiger charge is -2.14. The van der Waals surface area contributed by atoms with Crippen LogP contribution in [-0.4, -0.2) is 38.0 Å². The van der Waals surface area contributed by atoms with Crippen molar-refractivity contribution in [2.45, 2.75) is 17.3 Å². The van der Waals surface area contributed by atoms with E-state index in [0.717, 1.165) is 5.69 Å². The quantitative estimate of drug-likeness (QED) is 0.368. The Labute approximate surface area is 164 Å². The summed E-state index contributed by atoms with van der Waals surface area (Å²) < 4.78 is 6.95. The lowest BCUT2D eigenvalue weighted by Crippen LogP contribution is -2.23. The molecule has 1 atom stereocenters. The number of non-ortho nitro benzene ring substituents is 1. The molecule has 28 heavy (non-hydrogen) atoms. The summed E-state index contributed by atoms with van der Waals surface area (Å²) in [5, 5.41) is 21.7. The van der Waals surface area contributed by atoms with Gasteiger partial charge in [0, 0.05) is 17.8 Å². The molecule has 0 saturated heterocycles. The van der Waals surface area contributed by atoms with E-state index in [2.05, 4.69) is 15.5 Å². The number of thioether (sulfide) groups is 1. The van der Waals surface area contributed by atoms with Crippen LogP contribution in [0.3, 0.4) is 0 Å². The fraction of sp³-hybridized carbons (Fsp3) is 0.167. The number of para-hydroxylation sites is 1. The van der Waals surface area contributed by atoms with Crippen molar-refractivity contribution < 1.29 is 14.5 Å². The molecule has 1 aromatic heterocycles. The maximum atomic E-state index is 12.6. The van der Waals surface area contributed by atoms with Crippen LogP contribution in [0, 0.1) is 10.1 Å². The number of aromatic nitrogens is 3. The van der Waals surface area contributed by atoms with Crippen LogP contribution in [-0.2, 0) is 4.79 Å². The molecule has 1 amide bonds. The number of nitro groups is 1. The molecule has 1 N–H and O–H groups in total. The number of anilines is 1. The summed E-state index contributed by atoms with van der Waals surface area (Å²) in [6.07, 6.45) is 1.58. The average Bonchev–Trinajstić information content (AvgIpc) is 3.16. The maximum Gasteiger partial charge on any atom is 0.271 e. The minimum atomic E-state index is -0.532. The number of amides is 1. The predicted octanol–water partition coefficient (Wildman–Crippen LogP) is 3.30. The number of hydrogen-bond acceptors (Lipinski definition) is 7. The first kappa shape index (κ1) is 19.4. The van der Waals surface area contributed by atoms with Crippen molar-refractivity contribution >= 4 is 29.0 Å². The van der Waals surface area contributed by atoms with E-state index in [1.54, 1.807) is 17.8 Å². The molecule has 0 spiro atoms. The third kappa shape index (κ3) is 4.29. The first-order chi connectivity index (χ1) is 13.5. The number of nitrogens with zero attached hydrogens (tertiary/aromatic N) is 4. The number of carbonyl (C=O) groups excluding carboxylic acids is 1. The Morgan fingerprint density at radius 3 is 2.71 bits per heavy atom. The van der Waals surface area contributed by atoms with E-state index in [0.29, 0.717) is 10.9 Å². The van der Waals surface area contributed by atoms with E-state index in [1.807, 2.05) is 30.3 Å². The van der Waals surface area contributed by atoms with Gasteiger partial charge in [0.05, 0.1) is 23.0 Å². The van der Waals surface area contributed by atoms with E-state index in [-0.39, 0.29) is 17.3 Å². The zero-order valence-electron chi connectivity index (χ0n) is 15.1. The van der Waals surface area contributed by atoms with Crippen LogP contribution in [0.1, 0.15) is 6.92 Å². The number of carbonyl (C=O) groups is 1. The minimum absolute atomic E-state index is 0.139. The highest BCUT2D eigenvalue weighted by Crippen LogP contribution is 2.30. The molecule has 144 valence electrons. The second-order valence-electron chi connectivity index (χ2n) is 5.71. The molecule has 0 radical (unpaired) electrons. The fourth-order valence-electron chi connectivity index (χ4n) is 2.42. The van der Waals surface area contributed by atoms with Crippen LogP contribution in [0.4, 0.5) is 11.4 Å². The molecule has 0 bridgehead atoms. The normalized spacial score (nSPS) is 11.6. The van der Waals surface area contributed by atoms with Gasteiger partial charge in [-0.05, 0) is 25.1 Å². The number of nitro benzene ring substituents is 1. The summed E-state index contributed by atoms with van der Waals surface area (Å²) in [5.41, 5.74) is 0.974. The number of benzene rings is 2. The van der Waals surface area contributed by atoms with E-state index in [9.17, 15) is 14.9 Å². The Hall–Kier alpha value is -3.40. The topological polar surface area (TPSA) is 112 Å². The van der Waals surface area contributed by atoms with Crippen LogP contribution >= 0.6 is 11.8 Å². The highest BCUT2D eigenvalue weighted by atomic mass is 32.2. The van der Waals surface area contributed by atoms with Crippen molar-refractivity contribution in [1.29, 1.82) is 0 Å². The number of ether oxygens (including phenoxy) is 1. The van der Waals surface area contributed by atoms with E-state index < -0.39 is 10.2 Å². The van der Waals surface area contributed by atoms with Gasteiger partial charge >= 0.3 is 0 Å². The highest BCUT2D eigenvalue weighted by Gasteiger charge is 2.21. The molecule has 0 unspecified atom stereocenters. The van der Waals surface area contributed by atoms with Gasteiger partial charge in [-0.25, -0.2) is 0 Å². The molecule has 0 aliphatic heterocycles. The molecule has 10 heteroatoms. The number of hydrogen-bond donors (Lipinski definition) is 1. The van der Waals surface area contributed by atoms with Crippen LogP contribution in [0.25, 0.3) is 5.69 Å². The van der Waals surface area contributed by atoms with Crippen molar-refractivity contribution in [3.63, 3.8) is 0 Å². The van der Waals surface area contributed by atoms with Gasteiger partial charge in [-0.1, -0.05) is 30.0 Å². The summed E-state index contributed by atoms with van der Waals surface area (Å²) in [4.78, 5) is 23.1. The Morgan fingerprint density at radius 2 is 2.04 bits per heavy atom. The first-order valence-corrected chi connectivity index (χ1v) is 9.13. The third-order valence-corrected chi connectivity index (χ3v) is 4.91. The van der Waals surface area contributed by atoms with Gasteiger partial charge in [0.2, 0.25) is 5.91 Å². The Kier molecular flexibility index (Phi) is 5.90. The molecule has 0 aliphatic rings. The largest absolute Gasteiger partial charge is 0.495 e. The lowest BCUT2D eigenvalue weighted by atomic mass is 10.2. The van der Waals surface area contributed by atoms with Crippen molar-refractivity contribution in [3.8, 4) is 11.4 Å². The summed E-state index contributed by atoms with van der Waals surface area (Å²) in [6, 6.07) is 13.5. The second kappa shape index (κ2) is 8.53. The number of nitrogens with one attached hydrogen (secondary N) is 1. The van der Waals surface area contributed by atoms with Crippen molar-refractivity contribution in [1.82, 2.24) is 14.8 Å². The molecular formula is C18H17N5O4S. The monoisotopic (exact) mass is 399 g/mol. The third-order valence-electron chi connectivity index (χ3n) is 3.85. The molecule has 1 heterocycles. The van der Waals surface area contributed by atoms with Gasteiger partial charge < -0.3 is 10.1 Å². The SMILES string of the molecule is COc1ccc([N+](=O)[O-])cc1NC(=O)[C@@H](C)Sc1nncn1-c1ccccc1. The second-order valence-corrected chi connectivity index (χ2v) is 7.02. The van der Waals surface area contributed by atoms with Crippen molar-refractivity contribution in [2.75, 3.05) is 12.4 Å². The molecule has 3 aromatic rings. The highest BCUT2D eigenvalue weighted by molar-refractivity contribution is 8.00. The molecule has 3 rings (SSSR count). The van der Waals surface area contributed by atoms with E-state index in [4.69, 9.17) is 4.74 Å². The van der Waals surface area contributed by atoms with E-state index in [1.165, 1.54) is 37.1 Å². The minimum Gasteiger partial charge on any atom is -0.495 e.